The standard InChI is InChI=1S/C9H12BrFN4O/c1-15(3-2-8(12)14-16)9-7(11)4-6(10)5-13-9/h4-5,16H,2-3H2,1H3,(H2,12,14). The van der Waals surface area contributed by atoms with E-state index >= 15 is 0 Å². The molecule has 0 amide bonds. The molecule has 88 valence electrons. The number of anilines is 1. The summed E-state index contributed by atoms with van der Waals surface area (Å²) in [5.41, 5.74) is 5.31. The monoisotopic (exact) mass is 290 g/mol. The van der Waals surface area contributed by atoms with E-state index in [2.05, 4.69) is 26.1 Å². The highest BCUT2D eigenvalue weighted by molar-refractivity contribution is 9.10. The first-order chi connectivity index (χ1) is 7.54. The van der Waals surface area contributed by atoms with E-state index in [0.717, 1.165) is 0 Å². The third-order valence-electron chi connectivity index (χ3n) is 1.98. The molecule has 0 atom stereocenters. The second-order valence-corrected chi connectivity index (χ2v) is 4.14. The van der Waals surface area contributed by atoms with Gasteiger partial charge in [0.2, 0.25) is 0 Å². The minimum absolute atomic E-state index is 0.101. The molecule has 7 heteroatoms. The molecule has 0 aliphatic rings. The van der Waals surface area contributed by atoms with Crippen molar-refractivity contribution in [1.82, 2.24) is 4.98 Å². The lowest BCUT2D eigenvalue weighted by atomic mass is 10.3. The van der Waals surface area contributed by atoms with Crippen LogP contribution in [-0.2, 0) is 0 Å². The SMILES string of the molecule is CN(CCC(N)=NO)c1ncc(Br)cc1F. The van der Waals surface area contributed by atoms with E-state index in [4.69, 9.17) is 10.9 Å². The number of rotatable bonds is 4. The average molecular weight is 291 g/mol. The van der Waals surface area contributed by atoms with Crippen molar-refractivity contribution in [1.29, 1.82) is 0 Å². The van der Waals surface area contributed by atoms with Crippen LogP contribution in [0.3, 0.4) is 0 Å². The quantitative estimate of drug-likeness (QED) is 0.382. The molecule has 1 aromatic rings. The summed E-state index contributed by atoms with van der Waals surface area (Å²) in [6, 6.07) is 1.34. The first-order valence-corrected chi connectivity index (χ1v) is 5.32. The maximum atomic E-state index is 13.5. The van der Waals surface area contributed by atoms with Crippen LogP contribution >= 0.6 is 15.9 Å². The zero-order chi connectivity index (χ0) is 12.1. The molecule has 0 saturated carbocycles. The summed E-state index contributed by atoms with van der Waals surface area (Å²) in [7, 11) is 1.68. The summed E-state index contributed by atoms with van der Waals surface area (Å²) < 4.78 is 14.0. The van der Waals surface area contributed by atoms with Crippen LogP contribution in [0.1, 0.15) is 6.42 Å². The number of nitrogens with zero attached hydrogens (tertiary/aromatic N) is 3. The van der Waals surface area contributed by atoms with Crippen molar-refractivity contribution < 1.29 is 9.60 Å². The third-order valence-corrected chi connectivity index (χ3v) is 2.42. The molecule has 1 aromatic heterocycles. The average Bonchev–Trinajstić information content (AvgIpc) is 2.25. The summed E-state index contributed by atoms with van der Waals surface area (Å²) in [6.45, 7) is 0.418. The molecule has 1 heterocycles. The van der Waals surface area contributed by atoms with Crippen molar-refractivity contribution in [2.24, 2.45) is 10.9 Å². The van der Waals surface area contributed by atoms with Crippen molar-refractivity contribution >= 4 is 27.6 Å². The number of nitrogens with two attached hydrogens (primary N) is 1. The first-order valence-electron chi connectivity index (χ1n) is 4.53. The fourth-order valence-corrected chi connectivity index (χ4v) is 1.43. The lowest BCUT2D eigenvalue weighted by molar-refractivity contribution is 0.317. The molecule has 0 aliphatic heterocycles. The Morgan fingerprint density at radius 2 is 2.44 bits per heavy atom. The van der Waals surface area contributed by atoms with E-state index in [1.807, 2.05) is 0 Å². The largest absolute Gasteiger partial charge is 0.409 e. The number of hydrogen-bond acceptors (Lipinski definition) is 4. The Morgan fingerprint density at radius 1 is 1.75 bits per heavy atom. The predicted octanol–water partition coefficient (Wildman–Crippen LogP) is 1.56. The van der Waals surface area contributed by atoms with Gasteiger partial charge in [-0.25, -0.2) is 9.37 Å². The molecule has 0 aliphatic carbocycles. The molecule has 0 radical (unpaired) electrons. The van der Waals surface area contributed by atoms with Gasteiger partial charge in [0.25, 0.3) is 0 Å². The molecule has 0 fully saturated rings. The van der Waals surface area contributed by atoms with Gasteiger partial charge in [-0.05, 0) is 22.0 Å². The van der Waals surface area contributed by atoms with Gasteiger partial charge < -0.3 is 15.8 Å². The lowest BCUT2D eigenvalue weighted by Crippen LogP contribution is -2.25. The van der Waals surface area contributed by atoms with Crippen LogP contribution in [0.15, 0.2) is 21.9 Å². The molecule has 3 N–H and O–H groups in total. The lowest BCUT2D eigenvalue weighted by Gasteiger charge is -2.18. The third kappa shape index (κ3) is 3.34. The van der Waals surface area contributed by atoms with Crippen LogP contribution in [0.25, 0.3) is 0 Å². The highest BCUT2D eigenvalue weighted by Gasteiger charge is 2.09. The summed E-state index contributed by atoms with van der Waals surface area (Å²) in [5.74, 6) is -0.0882. The second-order valence-electron chi connectivity index (χ2n) is 3.22. The molecule has 0 saturated heterocycles. The molecule has 16 heavy (non-hydrogen) atoms. The maximum absolute atomic E-state index is 13.5. The van der Waals surface area contributed by atoms with Crippen LogP contribution in [-0.4, -0.2) is 29.6 Å². The van der Waals surface area contributed by atoms with Crippen LogP contribution in [0, 0.1) is 5.82 Å². The van der Waals surface area contributed by atoms with Gasteiger partial charge in [0.15, 0.2) is 11.6 Å². The normalized spacial score (nSPS) is 11.6. The molecule has 0 aromatic carbocycles. The molecular weight excluding hydrogens is 279 g/mol. The summed E-state index contributed by atoms with van der Waals surface area (Å²) in [5, 5.41) is 11.2. The molecule has 5 nitrogen and oxygen atoms in total. The van der Waals surface area contributed by atoms with E-state index in [9.17, 15) is 4.39 Å². The number of aromatic nitrogens is 1. The van der Waals surface area contributed by atoms with Crippen LogP contribution in [0.4, 0.5) is 10.2 Å². The van der Waals surface area contributed by atoms with Gasteiger partial charge >= 0.3 is 0 Å². The zero-order valence-electron chi connectivity index (χ0n) is 8.69. The van der Waals surface area contributed by atoms with Gasteiger partial charge in [-0.1, -0.05) is 5.16 Å². The van der Waals surface area contributed by atoms with Gasteiger partial charge in [0, 0.05) is 30.7 Å². The van der Waals surface area contributed by atoms with Gasteiger partial charge in [0.1, 0.15) is 5.84 Å². The van der Waals surface area contributed by atoms with Crippen molar-refractivity contribution in [3.63, 3.8) is 0 Å². The Morgan fingerprint density at radius 3 is 3.00 bits per heavy atom. The van der Waals surface area contributed by atoms with Crippen LogP contribution < -0.4 is 10.6 Å². The van der Waals surface area contributed by atoms with Gasteiger partial charge in [-0.3, -0.25) is 0 Å². The van der Waals surface area contributed by atoms with Crippen LogP contribution in [0.5, 0.6) is 0 Å². The number of pyridine rings is 1. The van der Waals surface area contributed by atoms with Gasteiger partial charge in [-0.2, -0.15) is 0 Å². The van der Waals surface area contributed by atoms with Crippen molar-refractivity contribution in [2.45, 2.75) is 6.42 Å². The van der Waals surface area contributed by atoms with Gasteiger partial charge in [-0.15, -0.1) is 0 Å². The molecule has 0 bridgehead atoms. The predicted molar refractivity (Wildman–Crippen MR) is 63.2 cm³/mol. The Hall–Kier alpha value is -1.37. The first kappa shape index (κ1) is 12.7. The number of hydrogen-bond donors (Lipinski definition) is 2. The number of amidine groups is 1. The summed E-state index contributed by atoms with van der Waals surface area (Å²) in [6.07, 6.45) is 1.85. The van der Waals surface area contributed by atoms with Gasteiger partial charge in [0.05, 0.1) is 0 Å². The Kier molecular flexibility index (Phi) is 4.48. The highest BCUT2D eigenvalue weighted by Crippen LogP contribution is 2.18. The van der Waals surface area contributed by atoms with E-state index < -0.39 is 5.82 Å². The van der Waals surface area contributed by atoms with E-state index in [-0.39, 0.29) is 11.7 Å². The highest BCUT2D eigenvalue weighted by atomic mass is 79.9. The molecule has 1 rings (SSSR count). The van der Waals surface area contributed by atoms with Crippen molar-refractivity contribution in [3.8, 4) is 0 Å². The minimum Gasteiger partial charge on any atom is -0.409 e. The molecule has 0 spiro atoms. The zero-order valence-corrected chi connectivity index (χ0v) is 10.3. The maximum Gasteiger partial charge on any atom is 0.166 e. The fourth-order valence-electron chi connectivity index (χ4n) is 1.13. The summed E-state index contributed by atoms with van der Waals surface area (Å²) >= 11 is 3.13. The van der Waals surface area contributed by atoms with E-state index in [1.165, 1.54) is 12.3 Å². The Balaban J connectivity index is 2.69. The van der Waals surface area contributed by atoms with Crippen LogP contribution in [0.2, 0.25) is 0 Å². The van der Waals surface area contributed by atoms with E-state index in [0.29, 0.717) is 17.4 Å². The number of oxime groups is 1. The van der Waals surface area contributed by atoms with Crippen molar-refractivity contribution in [3.05, 3.63) is 22.6 Å². The second kappa shape index (κ2) is 5.64. The fraction of sp³-hybridized carbons (Fsp3) is 0.333. The Bertz CT molecular complexity index is 399. The topological polar surface area (TPSA) is 74.7 Å². The Labute approximate surface area is 101 Å². The molecular formula is C9H12BrFN4O. The summed E-state index contributed by atoms with van der Waals surface area (Å²) in [4.78, 5) is 5.54. The minimum atomic E-state index is -0.420. The smallest absolute Gasteiger partial charge is 0.166 e. The molecule has 0 unspecified atom stereocenters. The van der Waals surface area contributed by atoms with E-state index in [1.54, 1.807) is 11.9 Å². The van der Waals surface area contributed by atoms with Crippen molar-refractivity contribution in [2.75, 3.05) is 18.5 Å². The number of halogens is 2.